The largest absolute Gasteiger partial charge is 0.335 e. The molecule has 1 unspecified atom stereocenters. The number of nitrogens with one attached hydrogen (secondary N) is 1. The van der Waals surface area contributed by atoms with Crippen molar-refractivity contribution in [1.82, 2.24) is 20.0 Å². The summed E-state index contributed by atoms with van der Waals surface area (Å²) in [6, 6.07) is 15.9. The first-order valence-electron chi connectivity index (χ1n) is 11.8. The molecule has 2 aliphatic carbocycles. The Morgan fingerprint density at radius 1 is 1.18 bits per heavy atom. The number of nitrogens with zero attached hydrogens (tertiary/aromatic N) is 4. The molecule has 0 radical (unpaired) electrons. The molecule has 0 bridgehead atoms. The summed E-state index contributed by atoms with van der Waals surface area (Å²) < 4.78 is 1.90. The van der Waals surface area contributed by atoms with Crippen LogP contribution in [0.15, 0.2) is 60.4 Å². The predicted molar refractivity (Wildman–Crippen MR) is 129 cm³/mol. The summed E-state index contributed by atoms with van der Waals surface area (Å²) in [5.74, 6) is 0.0700. The van der Waals surface area contributed by atoms with Crippen LogP contribution in [0.5, 0.6) is 0 Å². The summed E-state index contributed by atoms with van der Waals surface area (Å²) in [6.07, 6.45) is 10.1. The van der Waals surface area contributed by atoms with Gasteiger partial charge in [-0.2, -0.15) is 10.4 Å². The molecule has 1 heterocycles. The number of carbonyl (C=O) groups excluding carboxylic acids is 2. The molecule has 7 nitrogen and oxygen atoms in total. The zero-order valence-electron chi connectivity index (χ0n) is 19.0. The van der Waals surface area contributed by atoms with E-state index in [9.17, 15) is 9.59 Å². The van der Waals surface area contributed by atoms with Crippen molar-refractivity contribution >= 4 is 23.2 Å². The minimum atomic E-state index is 0.0700. The zero-order valence-corrected chi connectivity index (χ0v) is 19.0. The van der Waals surface area contributed by atoms with E-state index in [2.05, 4.69) is 21.4 Å². The molecule has 1 N–H and O–H groups in total. The normalized spacial score (nSPS) is 19.0. The molecule has 2 aliphatic rings. The average Bonchev–Trinajstić information content (AvgIpc) is 3.63. The van der Waals surface area contributed by atoms with Crippen molar-refractivity contribution in [2.75, 3.05) is 0 Å². The SMILES string of the molecule is N#Cc1ccc(Cn2ncc3c(C(=O)N(C4CC4)C4CCC/C(=C\NC=O)C4)cccc32)cc1. The lowest BCUT2D eigenvalue weighted by molar-refractivity contribution is -0.108. The highest BCUT2D eigenvalue weighted by molar-refractivity contribution is 6.06. The van der Waals surface area contributed by atoms with Gasteiger partial charge in [0.1, 0.15) is 0 Å². The number of hydrogen-bond donors (Lipinski definition) is 1. The van der Waals surface area contributed by atoms with Crippen LogP contribution in [0.4, 0.5) is 0 Å². The lowest BCUT2D eigenvalue weighted by atomic mass is 9.89. The number of fused-ring (bicyclic) bond motifs is 1. The van der Waals surface area contributed by atoms with E-state index in [-0.39, 0.29) is 11.9 Å². The van der Waals surface area contributed by atoms with Gasteiger partial charge in [-0.1, -0.05) is 23.8 Å². The van der Waals surface area contributed by atoms with E-state index in [4.69, 9.17) is 5.26 Å². The van der Waals surface area contributed by atoms with Gasteiger partial charge in [0.25, 0.3) is 5.91 Å². The summed E-state index contributed by atoms with van der Waals surface area (Å²) in [5, 5.41) is 17.1. The minimum absolute atomic E-state index is 0.0700. The lowest BCUT2D eigenvalue weighted by Gasteiger charge is -2.36. The van der Waals surface area contributed by atoms with Crippen LogP contribution in [0.1, 0.15) is 60.0 Å². The summed E-state index contributed by atoms with van der Waals surface area (Å²) in [5.41, 5.74) is 4.48. The Morgan fingerprint density at radius 2 is 2.00 bits per heavy atom. The highest BCUT2D eigenvalue weighted by atomic mass is 16.2. The summed E-state index contributed by atoms with van der Waals surface area (Å²) in [7, 11) is 0. The van der Waals surface area contributed by atoms with Gasteiger partial charge in [0.05, 0.1) is 35.5 Å². The number of hydrogen-bond acceptors (Lipinski definition) is 4. The van der Waals surface area contributed by atoms with E-state index in [0.717, 1.165) is 55.0 Å². The van der Waals surface area contributed by atoms with Crippen LogP contribution in [0.25, 0.3) is 10.9 Å². The van der Waals surface area contributed by atoms with Crippen LogP contribution in [-0.4, -0.2) is 39.1 Å². The molecule has 7 heteroatoms. The maximum atomic E-state index is 13.9. The van der Waals surface area contributed by atoms with Gasteiger partial charge >= 0.3 is 0 Å². The number of carbonyl (C=O) groups is 2. The second-order valence-electron chi connectivity index (χ2n) is 9.13. The molecule has 34 heavy (non-hydrogen) atoms. The Labute approximate surface area is 198 Å². The summed E-state index contributed by atoms with van der Waals surface area (Å²) >= 11 is 0. The first-order valence-corrected chi connectivity index (χ1v) is 11.8. The fraction of sp³-hybridized carbons (Fsp3) is 0.333. The molecule has 0 saturated heterocycles. The van der Waals surface area contributed by atoms with Gasteiger partial charge < -0.3 is 10.2 Å². The average molecular weight is 454 g/mol. The van der Waals surface area contributed by atoms with Crippen molar-refractivity contribution in [3.63, 3.8) is 0 Å². The molecule has 5 rings (SSSR count). The lowest BCUT2D eigenvalue weighted by Crippen LogP contribution is -2.43. The van der Waals surface area contributed by atoms with Crippen LogP contribution >= 0.6 is 0 Å². The van der Waals surface area contributed by atoms with Crippen molar-refractivity contribution in [2.24, 2.45) is 0 Å². The van der Waals surface area contributed by atoms with Gasteiger partial charge in [-0.3, -0.25) is 14.3 Å². The van der Waals surface area contributed by atoms with Crippen LogP contribution in [0.2, 0.25) is 0 Å². The van der Waals surface area contributed by atoms with Crippen molar-refractivity contribution < 1.29 is 9.59 Å². The number of aromatic nitrogens is 2. The third-order valence-electron chi connectivity index (χ3n) is 6.79. The smallest absolute Gasteiger partial charge is 0.255 e. The Bertz CT molecular complexity index is 1280. The summed E-state index contributed by atoms with van der Waals surface area (Å²) in [4.78, 5) is 26.7. The van der Waals surface area contributed by atoms with E-state index in [1.807, 2.05) is 35.0 Å². The second-order valence-corrected chi connectivity index (χ2v) is 9.13. The number of amides is 2. The summed E-state index contributed by atoms with van der Waals surface area (Å²) in [6.45, 7) is 0.569. The monoisotopic (exact) mass is 453 g/mol. The van der Waals surface area contributed by atoms with Crippen molar-refractivity contribution in [3.05, 3.63) is 77.1 Å². The molecule has 3 aromatic rings. The molecule has 2 fully saturated rings. The molecular formula is C27H27N5O2. The Hall–Kier alpha value is -3.92. The first-order chi connectivity index (χ1) is 16.7. The Kier molecular flexibility index (Phi) is 6.13. The Balaban J connectivity index is 1.42. The number of nitriles is 1. The predicted octanol–water partition coefficient (Wildman–Crippen LogP) is 4.13. The van der Waals surface area contributed by atoms with Gasteiger partial charge in [0.2, 0.25) is 6.41 Å². The molecule has 2 aromatic carbocycles. The van der Waals surface area contributed by atoms with Gasteiger partial charge in [0.15, 0.2) is 0 Å². The van der Waals surface area contributed by atoms with Gasteiger partial charge in [-0.15, -0.1) is 0 Å². The van der Waals surface area contributed by atoms with Crippen LogP contribution in [-0.2, 0) is 11.3 Å². The molecule has 1 aromatic heterocycles. The van der Waals surface area contributed by atoms with Crippen LogP contribution in [0, 0.1) is 11.3 Å². The van der Waals surface area contributed by atoms with Crippen molar-refractivity contribution in [3.8, 4) is 6.07 Å². The number of rotatable bonds is 7. The maximum absolute atomic E-state index is 13.9. The topological polar surface area (TPSA) is 91.0 Å². The highest BCUT2D eigenvalue weighted by Crippen LogP contribution is 2.37. The van der Waals surface area contributed by atoms with Crippen molar-refractivity contribution in [1.29, 1.82) is 5.26 Å². The zero-order chi connectivity index (χ0) is 23.5. The Morgan fingerprint density at radius 3 is 2.74 bits per heavy atom. The molecule has 0 aliphatic heterocycles. The molecule has 1 atom stereocenters. The molecule has 2 saturated carbocycles. The fourth-order valence-electron chi connectivity index (χ4n) is 4.99. The van der Waals surface area contributed by atoms with Crippen LogP contribution < -0.4 is 5.32 Å². The first kappa shape index (κ1) is 21.9. The standard InChI is InChI=1S/C27H27N5O2/c28-14-19-7-9-20(10-8-19)17-31-26-6-2-5-24(25(26)16-30-31)27(34)32(22-11-12-22)23-4-1-3-21(13-23)15-29-18-33/h2,5-10,15-16,18,22-23H,1,3-4,11-13,17H2,(H,29,33)/b21-15+. The van der Waals surface area contributed by atoms with Crippen LogP contribution in [0.3, 0.4) is 0 Å². The minimum Gasteiger partial charge on any atom is -0.335 e. The van der Waals surface area contributed by atoms with E-state index >= 15 is 0 Å². The molecule has 2 amide bonds. The van der Waals surface area contributed by atoms with E-state index in [0.29, 0.717) is 30.1 Å². The highest BCUT2D eigenvalue weighted by Gasteiger charge is 2.39. The van der Waals surface area contributed by atoms with Gasteiger partial charge in [-0.05, 0) is 68.4 Å². The fourth-order valence-corrected chi connectivity index (χ4v) is 4.99. The third-order valence-corrected chi connectivity index (χ3v) is 6.79. The number of benzene rings is 2. The molecular weight excluding hydrogens is 426 g/mol. The van der Waals surface area contributed by atoms with E-state index in [1.54, 1.807) is 24.5 Å². The quantitative estimate of drug-likeness (QED) is 0.545. The third kappa shape index (κ3) is 4.44. The second kappa shape index (κ2) is 9.52. The van der Waals surface area contributed by atoms with Crippen molar-refractivity contribution in [2.45, 2.75) is 57.2 Å². The van der Waals surface area contributed by atoms with E-state index in [1.165, 1.54) is 5.57 Å². The maximum Gasteiger partial charge on any atom is 0.255 e. The van der Waals surface area contributed by atoms with E-state index < -0.39 is 0 Å². The molecule has 0 spiro atoms. The molecule has 172 valence electrons. The van der Waals surface area contributed by atoms with Gasteiger partial charge in [0, 0.05) is 23.7 Å². The van der Waals surface area contributed by atoms with Gasteiger partial charge in [-0.25, -0.2) is 0 Å².